The molecule has 1 amide bonds. The number of hydrogen-bond donors (Lipinski definition) is 4. The van der Waals surface area contributed by atoms with Crippen molar-refractivity contribution in [3.8, 4) is 0 Å². The molecule has 88 valence electrons. The van der Waals surface area contributed by atoms with E-state index in [1.807, 2.05) is 4.72 Å². The molecule has 5 N–H and O–H groups in total. The maximum atomic E-state index is 11.1. The number of hydrogen-bond acceptors (Lipinski definition) is 5. The molecule has 0 aromatic heterocycles. The van der Waals surface area contributed by atoms with Gasteiger partial charge in [-0.25, -0.2) is 9.52 Å². The summed E-state index contributed by atoms with van der Waals surface area (Å²) in [6.07, 6.45) is -1.09. The Labute approximate surface area is 87.9 Å². The van der Waals surface area contributed by atoms with Crippen LogP contribution < -0.4 is 15.2 Å². The second-order valence-electron chi connectivity index (χ2n) is 2.80. The maximum Gasteiger partial charge on any atom is 0.421 e. The van der Waals surface area contributed by atoms with Crippen LogP contribution in [0.3, 0.4) is 0 Å². The Morgan fingerprint density at radius 2 is 2.13 bits per heavy atom. The lowest BCUT2D eigenvalue weighted by Crippen LogP contribution is -2.43. The molecule has 0 fully saturated rings. The summed E-state index contributed by atoms with van der Waals surface area (Å²) in [5.41, 5.74) is 5.13. The minimum Gasteiger partial charge on any atom is -0.452 e. The Balaban J connectivity index is 4.17. The van der Waals surface area contributed by atoms with Crippen LogP contribution in [0.25, 0.3) is 0 Å². The van der Waals surface area contributed by atoms with Gasteiger partial charge in [0, 0.05) is 12.5 Å². The quantitative estimate of drug-likeness (QED) is 0.350. The highest BCUT2D eigenvalue weighted by molar-refractivity contribution is 7.88. The van der Waals surface area contributed by atoms with Crippen LogP contribution in [-0.2, 0) is 14.9 Å². The predicted molar refractivity (Wildman–Crippen MR) is 53.5 cm³/mol. The molecule has 0 radical (unpaired) electrons. The topological polar surface area (TPSA) is 134 Å². The highest BCUT2D eigenvalue weighted by atomic mass is 32.2. The van der Waals surface area contributed by atoms with Gasteiger partial charge >= 0.3 is 16.3 Å². The molecule has 0 aliphatic heterocycles. The van der Waals surface area contributed by atoms with E-state index in [9.17, 15) is 13.2 Å². The minimum atomic E-state index is -3.95. The van der Waals surface area contributed by atoms with Crippen molar-refractivity contribution in [1.29, 1.82) is 5.41 Å². The number of methoxy groups -OCH3 is 1. The molecule has 9 heteroatoms. The number of ether oxygens (including phenoxy) is 1. The number of amides is 1. The fourth-order valence-electron chi connectivity index (χ4n) is 0.532. The van der Waals surface area contributed by atoms with Gasteiger partial charge in [0.25, 0.3) is 0 Å². The molecule has 1 unspecified atom stereocenters. The summed E-state index contributed by atoms with van der Waals surface area (Å²) in [6.45, 7) is 1.50. The largest absolute Gasteiger partial charge is 0.452 e. The molecule has 0 aliphatic carbocycles. The molecule has 0 aromatic rings. The molecule has 0 spiro atoms. The van der Waals surface area contributed by atoms with Crippen LogP contribution in [0.5, 0.6) is 0 Å². The van der Waals surface area contributed by atoms with E-state index >= 15 is 0 Å². The first-order valence-electron chi connectivity index (χ1n) is 3.97. The van der Waals surface area contributed by atoms with E-state index in [2.05, 4.69) is 4.74 Å². The van der Waals surface area contributed by atoms with E-state index in [0.29, 0.717) is 0 Å². The van der Waals surface area contributed by atoms with E-state index in [-0.39, 0.29) is 12.4 Å². The molecular weight excluding hydrogens is 224 g/mol. The lowest BCUT2D eigenvalue weighted by Gasteiger charge is -2.11. The number of carbonyl (C=O) groups excluding carboxylic acids is 1. The van der Waals surface area contributed by atoms with Crippen molar-refractivity contribution in [2.75, 3.05) is 13.7 Å². The SMILES string of the molecule is COC(=O)NS(=O)(=O)NCC(C)C(=N)N. The van der Waals surface area contributed by atoms with E-state index in [1.165, 1.54) is 0 Å². The van der Waals surface area contributed by atoms with Gasteiger partial charge in [-0.2, -0.15) is 13.1 Å². The summed E-state index contributed by atoms with van der Waals surface area (Å²) in [5.74, 6) is -0.588. The highest BCUT2D eigenvalue weighted by Gasteiger charge is 2.15. The monoisotopic (exact) mass is 238 g/mol. The fourth-order valence-corrected chi connectivity index (χ4v) is 1.38. The molecule has 8 nitrogen and oxygen atoms in total. The lowest BCUT2D eigenvalue weighted by molar-refractivity contribution is 0.177. The first-order chi connectivity index (χ1) is 6.78. The number of amidine groups is 1. The Morgan fingerprint density at radius 3 is 2.53 bits per heavy atom. The van der Waals surface area contributed by atoms with Gasteiger partial charge in [0.15, 0.2) is 0 Å². The van der Waals surface area contributed by atoms with Crippen molar-refractivity contribution in [3.05, 3.63) is 0 Å². The van der Waals surface area contributed by atoms with E-state index in [4.69, 9.17) is 11.1 Å². The molecule has 0 aliphatic rings. The Morgan fingerprint density at radius 1 is 1.60 bits per heavy atom. The standard InChI is InChI=1S/C6H14N4O4S/c1-4(5(7)8)3-9-15(12,13)10-6(11)14-2/h4,9H,3H2,1-2H3,(H3,7,8)(H,10,11). The zero-order chi connectivity index (χ0) is 12.1. The van der Waals surface area contributed by atoms with Gasteiger partial charge in [-0.1, -0.05) is 6.92 Å². The third-order valence-electron chi connectivity index (χ3n) is 1.51. The van der Waals surface area contributed by atoms with Gasteiger partial charge < -0.3 is 10.5 Å². The summed E-state index contributed by atoms with van der Waals surface area (Å²) in [7, 11) is -2.90. The Bertz CT molecular complexity index is 339. The van der Waals surface area contributed by atoms with Crippen molar-refractivity contribution in [2.45, 2.75) is 6.92 Å². The summed E-state index contributed by atoms with van der Waals surface area (Å²) in [5, 5.41) is 7.02. The van der Waals surface area contributed by atoms with Crippen LogP contribution in [0, 0.1) is 11.3 Å². The van der Waals surface area contributed by atoms with Crippen molar-refractivity contribution in [2.24, 2.45) is 11.7 Å². The van der Waals surface area contributed by atoms with Gasteiger partial charge in [0.2, 0.25) is 0 Å². The van der Waals surface area contributed by atoms with Gasteiger partial charge in [-0.15, -0.1) is 0 Å². The number of carbonyl (C=O) groups is 1. The molecule has 15 heavy (non-hydrogen) atoms. The second kappa shape index (κ2) is 5.51. The first-order valence-corrected chi connectivity index (χ1v) is 5.46. The van der Waals surface area contributed by atoms with E-state index in [1.54, 1.807) is 11.6 Å². The van der Waals surface area contributed by atoms with Crippen LogP contribution in [0.15, 0.2) is 0 Å². The summed E-state index contributed by atoms with van der Waals surface area (Å²) >= 11 is 0. The van der Waals surface area contributed by atoms with Gasteiger partial charge in [0.1, 0.15) is 0 Å². The van der Waals surface area contributed by atoms with Gasteiger partial charge in [-0.05, 0) is 0 Å². The fraction of sp³-hybridized carbons (Fsp3) is 0.667. The molecule has 0 heterocycles. The lowest BCUT2D eigenvalue weighted by atomic mass is 10.2. The smallest absolute Gasteiger partial charge is 0.421 e. The Hall–Kier alpha value is -1.35. The molecule has 0 rings (SSSR count). The number of nitrogens with one attached hydrogen (secondary N) is 3. The maximum absolute atomic E-state index is 11.1. The van der Waals surface area contributed by atoms with Crippen LogP contribution in [0.2, 0.25) is 0 Å². The zero-order valence-electron chi connectivity index (χ0n) is 8.40. The highest BCUT2D eigenvalue weighted by Crippen LogP contribution is 1.91. The van der Waals surface area contributed by atoms with E-state index in [0.717, 1.165) is 7.11 Å². The second-order valence-corrected chi connectivity index (χ2v) is 4.30. The van der Waals surface area contributed by atoms with E-state index < -0.39 is 22.2 Å². The van der Waals surface area contributed by atoms with Crippen LogP contribution >= 0.6 is 0 Å². The van der Waals surface area contributed by atoms with Crippen molar-refractivity contribution < 1.29 is 17.9 Å². The summed E-state index contributed by atoms with van der Waals surface area (Å²) < 4.78 is 29.9. The van der Waals surface area contributed by atoms with Crippen molar-refractivity contribution >= 4 is 22.1 Å². The number of nitrogens with two attached hydrogens (primary N) is 1. The average molecular weight is 238 g/mol. The van der Waals surface area contributed by atoms with Crippen molar-refractivity contribution in [3.63, 3.8) is 0 Å². The normalized spacial score (nSPS) is 12.9. The van der Waals surface area contributed by atoms with Gasteiger partial charge in [-0.3, -0.25) is 5.41 Å². The molecule has 0 bridgehead atoms. The Kier molecular flexibility index (Phi) is 5.02. The molecule has 0 saturated carbocycles. The van der Waals surface area contributed by atoms with Crippen LogP contribution in [0.4, 0.5) is 4.79 Å². The van der Waals surface area contributed by atoms with Crippen molar-refractivity contribution in [1.82, 2.24) is 9.44 Å². The van der Waals surface area contributed by atoms with Gasteiger partial charge in [0.05, 0.1) is 12.9 Å². The van der Waals surface area contributed by atoms with Crippen LogP contribution in [-0.4, -0.2) is 34.0 Å². The molecule has 0 aromatic carbocycles. The zero-order valence-corrected chi connectivity index (χ0v) is 9.22. The first kappa shape index (κ1) is 13.7. The summed E-state index contributed by atoms with van der Waals surface area (Å²) in [6, 6.07) is 0. The third kappa shape index (κ3) is 5.86. The summed E-state index contributed by atoms with van der Waals surface area (Å²) in [4.78, 5) is 10.6. The molecule has 1 atom stereocenters. The minimum absolute atomic E-state index is 0.0678. The molecule has 0 saturated heterocycles. The number of rotatable bonds is 5. The molecular formula is C6H14N4O4S. The predicted octanol–water partition coefficient (Wildman–Crippen LogP) is -1.25. The van der Waals surface area contributed by atoms with Crippen LogP contribution in [0.1, 0.15) is 6.92 Å². The average Bonchev–Trinajstić information content (AvgIpc) is 2.13. The third-order valence-corrected chi connectivity index (χ3v) is 2.50.